The van der Waals surface area contributed by atoms with Crippen molar-refractivity contribution in [2.24, 2.45) is 0 Å². The van der Waals surface area contributed by atoms with Crippen molar-refractivity contribution in [2.75, 3.05) is 25.9 Å². The summed E-state index contributed by atoms with van der Waals surface area (Å²) in [6.45, 7) is 0. The topological polar surface area (TPSA) is 72.9 Å². The average molecular weight is 282 g/mol. The zero-order valence-corrected chi connectivity index (χ0v) is 10.9. The number of rotatable bonds is 3. The maximum Gasteiger partial charge on any atom is 0.339 e. The van der Waals surface area contributed by atoms with E-state index < -0.39 is 29.3 Å². The molecule has 1 aliphatic heterocycles. The highest BCUT2D eigenvalue weighted by molar-refractivity contribution is 8.00. The number of halogens is 1. The summed E-state index contributed by atoms with van der Waals surface area (Å²) in [6, 6.07) is -0.791. The zero-order chi connectivity index (χ0) is 13.0. The average Bonchev–Trinajstić information content (AvgIpc) is 2.80. The Hall–Kier alpha value is -0.950. The molecule has 0 saturated carbocycles. The van der Waals surface area contributed by atoms with E-state index in [2.05, 4.69) is 9.47 Å². The lowest BCUT2D eigenvalue weighted by molar-refractivity contribution is -0.155. The first-order valence-electron chi connectivity index (χ1n) is 4.71. The lowest BCUT2D eigenvalue weighted by atomic mass is 10.2. The van der Waals surface area contributed by atoms with Crippen LogP contribution < -0.4 is 0 Å². The lowest BCUT2D eigenvalue weighted by Gasteiger charge is -2.25. The van der Waals surface area contributed by atoms with Crippen LogP contribution in [0.2, 0.25) is 0 Å². The SMILES string of the molecule is COC(=O)C1CSC(C(=O)OC)N1C(=O)CCl. The number of carbonyl (C=O) groups is 3. The van der Waals surface area contributed by atoms with Crippen LogP contribution in [-0.4, -0.2) is 60.0 Å². The molecular formula is C9H12ClNO5S. The standard InChI is InChI=1S/C9H12ClNO5S/c1-15-8(13)5-4-17-7(9(14)16-2)11(5)6(12)3-10/h5,7H,3-4H2,1-2H3. The molecule has 2 atom stereocenters. The third-order valence-electron chi connectivity index (χ3n) is 2.28. The van der Waals surface area contributed by atoms with E-state index in [0.717, 1.165) is 16.7 Å². The molecule has 1 heterocycles. The summed E-state index contributed by atoms with van der Waals surface area (Å²) in [7, 11) is 2.44. The Morgan fingerprint density at radius 3 is 2.35 bits per heavy atom. The van der Waals surface area contributed by atoms with Crippen LogP contribution in [0.15, 0.2) is 0 Å². The molecule has 0 aromatic heterocycles. The number of ether oxygens (including phenoxy) is 2. The van der Waals surface area contributed by atoms with Crippen molar-refractivity contribution < 1.29 is 23.9 Å². The van der Waals surface area contributed by atoms with Crippen LogP contribution in [0.3, 0.4) is 0 Å². The molecule has 2 unspecified atom stereocenters. The summed E-state index contributed by atoms with van der Waals surface area (Å²) in [6.07, 6.45) is 0. The number of hydrogen-bond acceptors (Lipinski definition) is 6. The van der Waals surface area contributed by atoms with E-state index in [1.54, 1.807) is 0 Å². The van der Waals surface area contributed by atoms with E-state index in [-0.39, 0.29) is 11.6 Å². The van der Waals surface area contributed by atoms with Crippen molar-refractivity contribution in [1.82, 2.24) is 4.90 Å². The summed E-state index contributed by atoms with van der Waals surface area (Å²) < 4.78 is 9.15. The molecule has 0 aromatic rings. The molecule has 8 heteroatoms. The Labute approximate surface area is 108 Å². The van der Waals surface area contributed by atoms with Gasteiger partial charge in [-0.05, 0) is 0 Å². The molecule has 6 nitrogen and oxygen atoms in total. The number of amides is 1. The summed E-state index contributed by atoms with van der Waals surface area (Å²) in [5.74, 6) is -1.67. The van der Waals surface area contributed by atoms with E-state index in [0.29, 0.717) is 0 Å². The van der Waals surface area contributed by atoms with Gasteiger partial charge in [0.05, 0.1) is 14.2 Å². The zero-order valence-electron chi connectivity index (χ0n) is 9.34. The Morgan fingerprint density at radius 1 is 1.29 bits per heavy atom. The van der Waals surface area contributed by atoms with Crippen LogP contribution in [0.5, 0.6) is 0 Å². The van der Waals surface area contributed by atoms with Gasteiger partial charge in [-0.1, -0.05) is 0 Å². The number of nitrogens with zero attached hydrogens (tertiary/aromatic N) is 1. The molecule has 1 amide bonds. The fourth-order valence-corrected chi connectivity index (χ4v) is 2.94. The second-order valence-corrected chi connectivity index (χ2v) is 4.56. The molecule has 0 bridgehead atoms. The highest BCUT2D eigenvalue weighted by Gasteiger charge is 2.45. The van der Waals surface area contributed by atoms with Gasteiger partial charge >= 0.3 is 11.9 Å². The fraction of sp³-hybridized carbons (Fsp3) is 0.667. The molecule has 1 aliphatic rings. The number of alkyl halides is 1. The van der Waals surface area contributed by atoms with Gasteiger partial charge in [-0.25, -0.2) is 9.59 Å². The number of hydrogen-bond donors (Lipinski definition) is 0. The van der Waals surface area contributed by atoms with Crippen LogP contribution in [0.1, 0.15) is 0 Å². The second kappa shape index (κ2) is 6.11. The van der Waals surface area contributed by atoms with E-state index in [4.69, 9.17) is 11.6 Å². The molecule has 0 N–H and O–H groups in total. The van der Waals surface area contributed by atoms with Gasteiger partial charge in [0.1, 0.15) is 11.9 Å². The maximum absolute atomic E-state index is 11.6. The highest BCUT2D eigenvalue weighted by atomic mass is 35.5. The highest BCUT2D eigenvalue weighted by Crippen LogP contribution is 2.30. The van der Waals surface area contributed by atoms with Crippen LogP contribution in [-0.2, 0) is 23.9 Å². The minimum absolute atomic E-state index is 0.287. The van der Waals surface area contributed by atoms with Gasteiger partial charge in [0.15, 0.2) is 5.37 Å². The first kappa shape index (κ1) is 14.1. The smallest absolute Gasteiger partial charge is 0.339 e. The predicted octanol–water partition coefficient (Wildman–Crippen LogP) is -0.159. The molecule has 0 spiro atoms. The Bertz CT molecular complexity index is 313. The third-order valence-corrected chi connectivity index (χ3v) is 3.75. The van der Waals surface area contributed by atoms with Crippen LogP contribution in [0.25, 0.3) is 0 Å². The molecule has 1 fully saturated rings. The van der Waals surface area contributed by atoms with Crippen molar-refractivity contribution in [1.29, 1.82) is 0 Å². The monoisotopic (exact) mass is 281 g/mol. The normalized spacial score (nSPS) is 23.4. The van der Waals surface area contributed by atoms with Gasteiger partial charge in [-0.3, -0.25) is 4.79 Å². The summed E-state index contributed by atoms with van der Waals surface area (Å²) in [5, 5.41) is -0.838. The molecule has 0 aromatic carbocycles. The van der Waals surface area contributed by atoms with Crippen LogP contribution >= 0.6 is 23.4 Å². The Morgan fingerprint density at radius 2 is 1.88 bits per heavy atom. The van der Waals surface area contributed by atoms with Crippen LogP contribution in [0.4, 0.5) is 0 Å². The molecule has 1 saturated heterocycles. The second-order valence-electron chi connectivity index (χ2n) is 3.18. The molecular weight excluding hydrogens is 270 g/mol. The number of methoxy groups -OCH3 is 2. The fourth-order valence-electron chi connectivity index (χ4n) is 1.48. The van der Waals surface area contributed by atoms with Crippen molar-refractivity contribution in [3.8, 4) is 0 Å². The third kappa shape index (κ3) is 2.84. The largest absolute Gasteiger partial charge is 0.467 e. The first-order chi connectivity index (χ1) is 8.06. The van der Waals surface area contributed by atoms with Gasteiger partial charge in [0.25, 0.3) is 0 Å². The molecule has 0 radical (unpaired) electrons. The van der Waals surface area contributed by atoms with Gasteiger partial charge in [-0.2, -0.15) is 0 Å². The molecule has 0 aliphatic carbocycles. The van der Waals surface area contributed by atoms with Gasteiger partial charge < -0.3 is 14.4 Å². The van der Waals surface area contributed by atoms with E-state index in [1.807, 2.05) is 0 Å². The van der Waals surface area contributed by atoms with Crippen molar-refractivity contribution in [2.45, 2.75) is 11.4 Å². The van der Waals surface area contributed by atoms with E-state index in [9.17, 15) is 14.4 Å². The van der Waals surface area contributed by atoms with E-state index in [1.165, 1.54) is 14.2 Å². The number of thioether (sulfide) groups is 1. The first-order valence-corrected chi connectivity index (χ1v) is 6.29. The van der Waals surface area contributed by atoms with Crippen molar-refractivity contribution in [3.63, 3.8) is 0 Å². The number of esters is 2. The number of carbonyl (C=O) groups excluding carboxylic acids is 3. The maximum atomic E-state index is 11.6. The summed E-state index contributed by atoms with van der Waals surface area (Å²) in [5.41, 5.74) is 0. The van der Waals surface area contributed by atoms with Crippen molar-refractivity contribution in [3.05, 3.63) is 0 Å². The summed E-state index contributed by atoms with van der Waals surface area (Å²) in [4.78, 5) is 35.7. The predicted molar refractivity (Wildman–Crippen MR) is 61.6 cm³/mol. The minimum Gasteiger partial charge on any atom is -0.467 e. The molecule has 1 rings (SSSR count). The molecule has 96 valence electrons. The quantitative estimate of drug-likeness (QED) is 0.529. The van der Waals surface area contributed by atoms with Gasteiger partial charge in [0, 0.05) is 5.75 Å². The van der Waals surface area contributed by atoms with Crippen molar-refractivity contribution >= 4 is 41.2 Å². The van der Waals surface area contributed by atoms with Crippen LogP contribution in [0, 0.1) is 0 Å². The summed E-state index contributed by atoms with van der Waals surface area (Å²) >= 11 is 6.60. The Kier molecular flexibility index (Phi) is 5.07. The lowest BCUT2D eigenvalue weighted by Crippen LogP contribution is -2.49. The Balaban J connectivity index is 2.93. The van der Waals surface area contributed by atoms with Gasteiger partial charge in [-0.15, -0.1) is 23.4 Å². The minimum atomic E-state index is -0.838. The van der Waals surface area contributed by atoms with Gasteiger partial charge in [0.2, 0.25) is 5.91 Å². The molecule has 17 heavy (non-hydrogen) atoms. The van der Waals surface area contributed by atoms with E-state index >= 15 is 0 Å².